The summed E-state index contributed by atoms with van der Waals surface area (Å²) in [5, 5.41) is 12.1. The van der Waals surface area contributed by atoms with Crippen molar-refractivity contribution in [1.29, 1.82) is 0 Å². The van der Waals surface area contributed by atoms with Crippen LogP contribution in [0.15, 0.2) is 16.9 Å². The van der Waals surface area contributed by atoms with Crippen molar-refractivity contribution in [2.45, 2.75) is 45.8 Å². The highest BCUT2D eigenvalue weighted by Crippen LogP contribution is 2.23. The van der Waals surface area contributed by atoms with Crippen LogP contribution in [-0.4, -0.2) is 50.4 Å². The van der Waals surface area contributed by atoms with Crippen LogP contribution in [-0.2, 0) is 11.3 Å². The number of ether oxygens (including phenoxy) is 1. The van der Waals surface area contributed by atoms with E-state index in [0.717, 1.165) is 24.5 Å². The molecule has 2 aromatic rings. The fourth-order valence-corrected chi connectivity index (χ4v) is 2.73. The molecule has 8 heteroatoms. The van der Waals surface area contributed by atoms with Gasteiger partial charge in [-0.1, -0.05) is 19.0 Å². The molecule has 1 aliphatic rings. The van der Waals surface area contributed by atoms with Gasteiger partial charge in [-0.15, -0.1) is 10.2 Å². The van der Waals surface area contributed by atoms with E-state index in [9.17, 15) is 4.79 Å². The van der Waals surface area contributed by atoms with Crippen LogP contribution in [0.3, 0.4) is 0 Å². The summed E-state index contributed by atoms with van der Waals surface area (Å²) in [5.74, 6) is 1.14. The standard InChI is InChI=1S/C16H23N5O3/c1-4-11(3)12-8-13(24-19-12)16(22)21-6-7-23-14(9-21)15-18-17-10-20(15)5-2/h8,10-11,14H,4-7,9H2,1-3H3/t11-,14-/m1/s1. The van der Waals surface area contributed by atoms with Gasteiger partial charge in [0.05, 0.1) is 18.8 Å². The van der Waals surface area contributed by atoms with Crippen molar-refractivity contribution in [2.24, 2.45) is 0 Å². The minimum atomic E-state index is -0.276. The third-order valence-corrected chi connectivity index (χ3v) is 4.48. The molecule has 2 atom stereocenters. The van der Waals surface area contributed by atoms with Crippen molar-refractivity contribution >= 4 is 5.91 Å². The van der Waals surface area contributed by atoms with Crippen molar-refractivity contribution in [3.05, 3.63) is 29.7 Å². The number of aryl methyl sites for hydroxylation is 1. The average Bonchev–Trinajstić information content (AvgIpc) is 3.29. The van der Waals surface area contributed by atoms with Crippen molar-refractivity contribution in [1.82, 2.24) is 24.8 Å². The zero-order valence-electron chi connectivity index (χ0n) is 14.3. The number of carbonyl (C=O) groups is 1. The SMILES string of the molecule is CC[C@@H](C)c1cc(C(=O)N2CCO[C@@H](c3nncn3CC)C2)on1. The second kappa shape index (κ2) is 7.12. The third kappa shape index (κ3) is 3.19. The molecule has 0 spiro atoms. The number of morpholine rings is 1. The number of nitrogens with zero attached hydrogens (tertiary/aromatic N) is 5. The normalized spacial score (nSPS) is 19.5. The first-order valence-electron chi connectivity index (χ1n) is 8.39. The number of aromatic nitrogens is 4. The monoisotopic (exact) mass is 333 g/mol. The largest absolute Gasteiger partial charge is 0.366 e. The molecule has 24 heavy (non-hydrogen) atoms. The Morgan fingerprint density at radius 2 is 2.29 bits per heavy atom. The maximum absolute atomic E-state index is 12.7. The minimum absolute atomic E-state index is 0.159. The van der Waals surface area contributed by atoms with Crippen molar-refractivity contribution < 1.29 is 14.1 Å². The first kappa shape index (κ1) is 16.6. The van der Waals surface area contributed by atoms with Gasteiger partial charge in [-0.2, -0.15) is 0 Å². The Balaban J connectivity index is 1.72. The number of carbonyl (C=O) groups excluding carboxylic acids is 1. The van der Waals surface area contributed by atoms with Crippen LogP contribution in [0.4, 0.5) is 0 Å². The van der Waals surface area contributed by atoms with Crippen LogP contribution < -0.4 is 0 Å². The van der Waals surface area contributed by atoms with Gasteiger partial charge in [0.25, 0.3) is 5.91 Å². The average molecular weight is 333 g/mol. The first-order valence-corrected chi connectivity index (χ1v) is 8.39. The second-order valence-electron chi connectivity index (χ2n) is 6.01. The summed E-state index contributed by atoms with van der Waals surface area (Å²) in [6, 6.07) is 1.75. The molecule has 1 amide bonds. The molecule has 1 aliphatic heterocycles. The Hall–Kier alpha value is -2.22. The smallest absolute Gasteiger partial charge is 0.292 e. The summed E-state index contributed by atoms with van der Waals surface area (Å²) >= 11 is 0. The highest BCUT2D eigenvalue weighted by molar-refractivity contribution is 5.91. The number of rotatable bonds is 5. The van der Waals surface area contributed by atoms with Crippen LogP contribution >= 0.6 is 0 Å². The zero-order valence-corrected chi connectivity index (χ0v) is 14.3. The maximum atomic E-state index is 12.7. The van der Waals surface area contributed by atoms with Crippen molar-refractivity contribution in [3.8, 4) is 0 Å². The molecular formula is C16H23N5O3. The van der Waals surface area contributed by atoms with Crippen LogP contribution in [0.5, 0.6) is 0 Å². The molecule has 1 saturated heterocycles. The number of hydrogen-bond acceptors (Lipinski definition) is 6. The Morgan fingerprint density at radius 3 is 3.04 bits per heavy atom. The lowest BCUT2D eigenvalue weighted by Gasteiger charge is -2.31. The van der Waals surface area contributed by atoms with E-state index in [4.69, 9.17) is 9.26 Å². The van der Waals surface area contributed by atoms with Crippen LogP contribution in [0.2, 0.25) is 0 Å². The van der Waals surface area contributed by atoms with E-state index in [2.05, 4.69) is 29.2 Å². The van der Waals surface area contributed by atoms with Gasteiger partial charge >= 0.3 is 0 Å². The van der Waals surface area contributed by atoms with Gasteiger partial charge in [0.15, 0.2) is 5.82 Å². The number of amides is 1. The highest BCUT2D eigenvalue weighted by Gasteiger charge is 2.31. The summed E-state index contributed by atoms with van der Waals surface area (Å²) in [5.41, 5.74) is 0.816. The quantitative estimate of drug-likeness (QED) is 0.832. The van der Waals surface area contributed by atoms with E-state index in [1.807, 2.05) is 11.5 Å². The van der Waals surface area contributed by atoms with Crippen molar-refractivity contribution in [3.63, 3.8) is 0 Å². The summed E-state index contributed by atoms with van der Waals surface area (Å²) in [4.78, 5) is 14.4. The zero-order chi connectivity index (χ0) is 17.1. The van der Waals surface area contributed by atoms with Gasteiger partial charge in [-0.25, -0.2) is 0 Å². The first-order chi connectivity index (χ1) is 11.6. The lowest BCUT2D eigenvalue weighted by atomic mass is 10.1. The lowest BCUT2D eigenvalue weighted by molar-refractivity contribution is -0.0294. The molecule has 0 N–H and O–H groups in total. The van der Waals surface area contributed by atoms with E-state index >= 15 is 0 Å². The number of hydrogen-bond donors (Lipinski definition) is 0. The maximum Gasteiger partial charge on any atom is 0.292 e. The topological polar surface area (TPSA) is 86.3 Å². The molecular weight excluding hydrogens is 310 g/mol. The fraction of sp³-hybridized carbons (Fsp3) is 0.625. The van der Waals surface area contributed by atoms with E-state index in [1.165, 1.54) is 0 Å². The predicted octanol–water partition coefficient (Wildman–Crippen LogP) is 2.01. The molecule has 0 radical (unpaired) electrons. The van der Waals surface area contributed by atoms with E-state index in [-0.39, 0.29) is 23.7 Å². The molecule has 130 valence electrons. The summed E-state index contributed by atoms with van der Waals surface area (Å²) in [7, 11) is 0. The van der Waals surface area contributed by atoms with Crippen LogP contribution in [0.25, 0.3) is 0 Å². The molecule has 1 fully saturated rings. The van der Waals surface area contributed by atoms with Gasteiger partial charge < -0.3 is 18.7 Å². The Kier molecular flexibility index (Phi) is 4.94. The van der Waals surface area contributed by atoms with Crippen LogP contribution in [0, 0.1) is 0 Å². The molecule has 3 rings (SSSR count). The second-order valence-corrected chi connectivity index (χ2v) is 6.01. The predicted molar refractivity (Wildman–Crippen MR) is 85.5 cm³/mol. The highest BCUT2D eigenvalue weighted by atomic mass is 16.5. The molecule has 0 saturated carbocycles. The van der Waals surface area contributed by atoms with E-state index < -0.39 is 0 Å². The minimum Gasteiger partial charge on any atom is -0.366 e. The van der Waals surface area contributed by atoms with Gasteiger partial charge in [0.1, 0.15) is 12.4 Å². The molecule has 0 bridgehead atoms. The molecule has 3 heterocycles. The Morgan fingerprint density at radius 1 is 1.46 bits per heavy atom. The van der Waals surface area contributed by atoms with Gasteiger partial charge in [-0.3, -0.25) is 4.79 Å². The summed E-state index contributed by atoms with van der Waals surface area (Å²) < 4.78 is 13.0. The van der Waals surface area contributed by atoms with Gasteiger partial charge in [0, 0.05) is 25.1 Å². The molecule has 0 unspecified atom stereocenters. The van der Waals surface area contributed by atoms with E-state index in [0.29, 0.717) is 19.7 Å². The molecule has 2 aromatic heterocycles. The molecule has 8 nitrogen and oxygen atoms in total. The Bertz CT molecular complexity index is 695. The van der Waals surface area contributed by atoms with Gasteiger partial charge in [-0.05, 0) is 13.3 Å². The molecule has 0 aliphatic carbocycles. The van der Waals surface area contributed by atoms with Crippen LogP contribution in [0.1, 0.15) is 61.3 Å². The van der Waals surface area contributed by atoms with Crippen molar-refractivity contribution in [2.75, 3.05) is 19.7 Å². The van der Waals surface area contributed by atoms with Gasteiger partial charge in [0.2, 0.25) is 5.76 Å². The fourth-order valence-electron chi connectivity index (χ4n) is 2.73. The summed E-state index contributed by atoms with van der Waals surface area (Å²) in [6.45, 7) is 8.33. The third-order valence-electron chi connectivity index (χ3n) is 4.48. The molecule has 0 aromatic carbocycles. The lowest BCUT2D eigenvalue weighted by Crippen LogP contribution is -2.42. The van der Waals surface area contributed by atoms with E-state index in [1.54, 1.807) is 17.3 Å². The Labute approximate surface area is 140 Å². The summed E-state index contributed by atoms with van der Waals surface area (Å²) in [6.07, 6.45) is 2.35.